The van der Waals surface area contributed by atoms with Gasteiger partial charge in [-0.25, -0.2) is 0 Å². The van der Waals surface area contributed by atoms with Crippen molar-refractivity contribution in [3.05, 3.63) is 52.8 Å². The Balaban J connectivity index is 1.70. The number of aryl methyl sites for hydroxylation is 2. The van der Waals surface area contributed by atoms with Crippen molar-refractivity contribution < 1.29 is 4.79 Å². The molecule has 2 aromatic rings. The third-order valence-corrected chi connectivity index (χ3v) is 4.70. The van der Waals surface area contributed by atoms with Gasteiger partial charge in [-0.15, -0.1) is 0 Å². The number of amides is 1. The summed E-state index contributed by atoms with van der Waals surface area (Å²) in [6.45, 7) is 7.89. The van der Waals surface area contributed by atoms with Crippen LogP contribution in [0.2, 0.25) is 0 Å². The van der Waals surface area contributed by atoms with E-state index in [0.29, 0.717) is 18.2 Å². The maximum Gasteiger partial charge on any atom is 0.251 e. The second kappa shape index (κ2) is 7.18. The minimum absolute atomic E-state index is 0.00534. The van der Waals surface area contributed by atoms with Gasteiger partial charge in [0.15, 0.2) is 0 Å². The molecule has 2 N–H and O–H groups in total. The van der Waals surface area contributed by atoms with Gasteiger partial charge in [0.05, 0.1) is 12.2 Å². The third-order valence-electron chi connectivity index (χ3n) is 4.70. The fraction of sp³-hybridized carbons (Fsp3) is 0.474. The van der Waals surface area contributed by atoms with Crippen LogP contribution in [0.15, 0.2) is 30.3 Å². The summed E-state index contributed by atoms with van der Waals surface area (Å²) < 4.78 is 1.97. The highest BCUT2D eigenvalue weighted by atomic mass is 16.1. The first-order valence-corrected chi connectivity index (χ1v) is 8.67. The van der Waals surface area contributed by atoms with Crippen LogP contribution in [0.1, 0.15) is 47.1 Å². The van der Waals surface area contributed by atoms with E-state index < -0.39 is 0 Å². The number of nitrogens with zero attached hydrogens (tertiary/aromatic N) is 2. The summed E-state index contributed by atoms with van der Waals surface area (Å²) in [6.07, 6.45) is 2.14. The van der Waals surface area contributed by atoms with Gasteiger partial charge in [-0.05, 0) is 63.9 Å². The number of rotatable bonds is 4. The molecule has 128 valence electrons. The van der Waals surface area contributed by atoms with Crippen molar-refractivity contribution in [2.75, 3.05) is 6.54 Å². The molecule has 1 aliphatic rings. The number of hydrogen-bond donors (Lipinski definition) is 2. The SMILES string of the molecule is Cc1cc(C)n(Cc2cccc(C(=O)NC3CCCNC3C)c2)n1. The van der Waals surface area contributed by atoms with Gasteiger partial charge < -0.3 is 10.6 Å². The first-order chi connectivity index (χ1) is 11.5. The van der Waals surface area contributed by atoms with E-state index in [0.717, 1.165) is 36.3 Å². The number of benzene rings is 1. The van der Waals surface area contributed by atoms with Crippen LogP contribution in [0.25, 0.3) is 0 Å². The van der Waals surface area contributed by atoms with Crippen LogP contribution in [0.3, 0.4) is 0 Å². The van der Waals surface area contributed by atoms with Gasteiger partial charge in [0.25, 0.3) is 5.91 Å². The van der Waals surface area contributed by atoms with Crippen molar-refractivity contribution in [2.45, 2.75) is 52.2 Å². The highest BCUT2D eigenvalue weighted by molar-refractivity contribution is 5.94. The largest absolute Gasteiger partial charge is 0.348 e. The molecule has 2 atom stereocenters. The Morgan fingerprint density at radius 1 is 1.38 bits per heavy atom. The van der Waals surface area contributed by atoms with Crippen molar-refractivity contribution in [2.24, 2.45) is 0 Å². The predicted octanol–water partition coefficient (Wildman–Crippen LogP) is 2.42. The maximum absolute atomic E-state index is 12.6. The van der Waals surface area contributed by atoms with Crippen LogP contribution in [0.5, 0.6) is 0 Å². The molecular formula is C19H26N4O. The molecule has 1 amide bonds. The van der Waals surface area contributed by atoms with E-state index in [1.807, 2.05) is 42.8 Å². The highest BCUT2D eigenvalue weighted by Crippen LogP contribution is 2.12. The predicted molar refractivity (Wildman–Crippen MR) is 95.2 cm³/mol. The van der Waals surface area contributed by atoms with E-state index in [4.69, 9.17) is 0 Å². The average molecular weight is 326 g/mol. The van der Waals surface area contributed by atoms with Crippen LogP contribution >= 0.6 is 0 Å². The Hall–Kier alpha value is -2.14. The summed E-state index contributed by atoms with van der Waals surface area (Å²) in [6, 6.07) is 10.4. The Bertz CT molecular complexity index is 722. The Morgan fingerprint density at radius 2 is 2.21 bits per heavy atom. The zero-order chi connectivity index (χ0) is 17.1. The van der Waals surface area contributed by atoms with Crippen LogP contribution in [-0.2, 0) is 6.54 Å². The van der Waals surface area contributed by atoms with E-state index >= 15 is 0 Å². The quantitative estimate of drug-likeness (QED) is 0.907. The van der Waals surface area contributed by atoms with Crippen molar-refractivity contribution in [3.63, 3.8) is 0 Å². The van der Waals surface area contributed by atoms with E-state index in [1.54, 1.807) is 0 Å². The number of piperidine rings is 1. The Kier molecular flexibility index (Phi) is 5.00. The van der Waals surface area contributed by atoms with Crippen molar-refractivity contribution >= 4 is 5.91 Å². The summed E-state index contributed by atoms with van der Waals surface area (Å²) in [5, 5.41) is 11.1. The monoisotopic (exact) mass is 326 g/mol. The average Bonchev–Trinajstić information content (AvgIpc) is 2.87. The van der Waals surface area contributed by atoms with Gasteiger partial charge in [-0.1, -0.05) is 12.1 Å². The molecule has 1 saturated heterocycles. The molecule has 5 nitrogen and oxygen atoms in total. The summed E-state index contributed by atoms with van der Waals surface area (Å²) >= 11 is 0. The standard InChI is InChI=1S/C19H26N4O/c1-13-10-14(2)23(22-13)12-16-6-4-7-17(11-16)19(24)21-18-8-5-9-20-15(18)3/h4,6-7,10-11,15,18,20H,5,8-9,12H2,1-3H3,(H,21,24). The van der Waals surface area contributed by atoms with Gasteiger partial charge in [0, 0.05) is 23.3 Å². The molecule has 1 aromatic carbocycles. The van der Waals surface area contributed by atoms with Gasteiger partial charge in [-0.3, -0.25) is 9.48 Å². The maximum atomic E-state index is 12.6. The lowest BCUT2D eigenvalue weighted by Crippen LogP contribution is -2.51. The molecule has 2 heterocycles. The lowest BCUT2D eigenvalue weighted by molar-refractivity contribution is 0.0919. The molecule has 24 heavy (non-hydrogen) atoms. The Labute approximate surface area is 143 Å². The zero-order valence-electron chi connectivity index (χ0n) is 14.7. The molecule has 1 fully saturated rings. The summed E-state index contributed by atoms with van der Waals surface area (Å²) in [4.78, 5) is 12.6. The normalized spacial score (nSPS) is 20.8. The molecule has 0 bridgehead atoms. The summed E-state index contributed by atoms with van der Waals surface area (Å²) in [7, 11) is 0. The topological polar surface area (TPSA) is 59.0 Å². The number of nitrogens with one attached hydrogen (secondary N) is 2. The first kappa shape index (κ1) is 16.7. The molecule has 0 radical (unpaired) electrons. The van der Waals surface area contributed by atoms with Gasteiger partial charge in [0.2, 0.25) is 0 Å². The lowest BCUT2D eigenvalue weighted by Gasteiger charge is -2.30. The van der Waals surface area contributed by atoms with E-state index in [1.165, 1.54) is 0 Å². The second-order valence-electron chi connectivity index (χ2n) is 6.75. The van der Waals surface area contributed by atoms with Gasteiger partial charge in [-0.2, -0.15) is 5.10 Å². The van der Waals surface area contributed by atoms with Crippen LogP contribution in [0, 0.1) is 13.8 Å². The lowest BCUT2D eigenvalue weighted by atomic mass is 9.99. The van der Waals surface area contributed by atoms with E-state index in [2.05, 4.69) is 28.7 Å². The van der Waals surface area contributed by atoms with Crippen LogP contribution in [-0.4, -0.2) is 34.3 Å². The van der Waals surface area contributed by atoms with E-state index in [9.17, 15) is 4.79 Å². The number of hydrogen-bond acceptors (Lipinski definition) is 3. The summed E-state index contributed by atoms with van der Waals surface area (Å²) in [5.74, 6) is 0.00534. The third kappa shape index (κ3) is 3.85. The second-order valence-corrected chi connectivity index (χ2v) is 6.75. The molecule has 0 spiro atoms. The van der Waals surface area contributed by atoms with Crippen LogP contribution < -0.4 is 10.6 Å². The van der Waals surface area contributed by atoms with E-state index in [-0.39, 0.29) is 11.9 Å². The molecule has 3 rings (SSSR count). The Morgan fingerprint density at radius 3 is 2.92 bits per heavy atom. The number of carbonyl (C=O) groups is 1. The first-order valence-electron chi connectivity index (χ1n) is 8.67. The molecule has 5 heteroatoms. The fourth-order valence-corrected chi connectivity index (χ4v) is 3.31. The van der Waals surface area contributed by atoms with Gasteiger partial charge in [0.1, 0.15) is 0 Å². The van der Waals surface area contributed by atoms with Crippen molar-refractivity contribution in [1.82, 2.24) is 20.4 Å². The van der Waals surface area contributed by atoms with Crippen molar-refractivity contribution in [1.29, 1.82) is 0 Å². The smallest absolute Gasteiger partial charge is 0.251 e. The molecule has 1 aliphatic heterocycles. The zero-order valence-corrected chi connectivity index (χ0v) is 14.7. The fourth-order valence-electron chi connectivity index (χ4n) is 3.31. The van der Waals surface area contributed by atoms with Crippen molar-refractivity contribution in [3.8, 4) is 0 Å². The molecule has 1 aromatic heterocycles. The molecular weight excluding hydrogens is 300 g/mol. The molecule has 0 saturated carbocycles. The molecule has 0 aliphatic carbocycles. The minimum atomic E-state index is 0.00534. The highest BCUT2D eigenvalue weighted by Gasteiger charge is 2.22. The number of aromatic nitrogens is 2. The summed E-state index contributed by atoms with van der Waals surface area (Å²) in [5.41, 5.74) is 3.94. The number of carbonyl (C=O) groups excluding carboxylic acids is 1. The van der Waals surface area contributed by atoms with Crippen LogP contribution in [0.4, 0.5) is 0 Å². The molecule has 2 unspecified atom stereocenters. The minimum Gasteiger partial charge on any atom is -0.348 e. The van der Waals surface area contributed by atoms with Gasteiger partial charge >= 0.3 is 0 Å².